The van der Waals surface area contributed by atoms with Crippen LogP contribution in [-0.2, 0) is 0 Å². The maximum Gasteiger partial charge on any atom is 0.272 e. The van der Waals surface area contributed by atoms with Crippen molar-refractivity contribution in [2.45, 2.75) is 36.6 Å². The van der Waals surface area contributed by atoms with Crippen molar-refractivity contribution in [2.24, 2.45) is 4.99 Å². The molecule has 3 unspecified atom stereocenters. The second-order valence-electron chi connectivity index (χ2n) is 4.98. The Morgan fingerprint density at radius 3 is 3.10 bits per heavy atom. The lowest BCUT2D eigenvalue weighted by atomic mass is 9.78. The Bertz CT molecular complexity index is 647. The molecule has 1 N–H and O–H groups in total. The van der Waals surface area contributed by atoms with Gasteiger partial charge in [0.25, 0.3) is 6.04 Å². The summed E-state index contributed by atoms with van der Waals surface area (Å²) in [6, 6.07) is -0.220. The second-order valence-corrected chi connectivity index (χ2v) is 6.09. The van der Waals surface area contributed by atoms with Gasteiger partial charge in [0.1, 0.15) is 5.71 Å². The molecule has 0 bridgehead atoms. The van der Waals surface area contributed by atoms with E-state index in [0.717, 1.165) is 29.9 Å². The zero-order valence-corrected chi connectivity index (χ0v) is 12.8. The highest BCUT2D eigenvalue weighted by Crippen LogP contribution is 2.43. The molecule has 20 heavy (non-hydrogen) atoms. The molecule has 0 amide bonds. The molecule has 1 aliphatic heterocycles. The van der Waals surface area contributed by atoms with Crippen LogP contribution < -0.4 is 0 Å². The van der Waals surface area contributed by atoms with E-state index < -0.39 is 0 Å². The minimum atomic E-state index is -0.220. The molecule has 2 aliphatic rings. The van der Waals surface area contributed by atoms with E-state index in [4.69, 9.17) is 6.57 Å². The lowest BCUT2D eigenvalue weighted by molar-refractivity contribution is 0.727. The summed E-state index contributed by atoms with van der Waals surface area (Å²) in [6.45, 7) is 9.65. The zero-order valence-electron chi connectivity index (χ0n) is 11.2. The van der Waals surface area contributed by atoms with E-state index >= 15 is 0 Å². The van der Waals surface area contributed by atoms with Gasteiger partial charge in [0, 0.05) is 10.4 Å². The van der Waals surface area contributed by atoms with Gasteiger partial charge in [0.05, 0.1) is 12.1 Å². The predicted molar refractivity (Wildman–Crippen MR) is 83.7 cm³/mol. The van der Waals surface area contributed by atoms with Crippen molar-refractivity contribution in [3.8, 4) is 0 Å². The Labute approximate surface area is 126 Å². The van der Waals surface area contributed by atoms with Gasteiger partial charge in [-0.1, -0.05) is 41.1 Å². The van der Waals surface area contributed by atoms with Crippen LogP contribution in [0.5, 0.6) is 0 Å². The maximum atomic E-state index is 7.59. The normalized spacial score (nSPS) is 28.4. The SMILES string of the molecule is [C-]#[N+]C1C(CC)=Nc2[nH]ncc2C1C1=CC=CCC1Br. The molecule has 0 radical (unpaired) electrons. The number of hydrogen-bond acceptors (Lipinski definition) is 2. The Morgan fingerprint density at radius 2 is 2.40 bits per heavy atom. The lowest BCUT2D eigenvalue weighted by Crippen LogP contribution is -2.31. The molecule has 0 saturated heterocycles. The predicted octanol–water partition coefficient (Wildman–Crippen LogP) is 3.93. The number of aliphatic imine (C=N–C) groups is 1. The Balaban J connectivity index is 2.13. The summed E-state index contributed by atoms with van der Waals surface area (Å²) >= 11 is 3.74. The van der Waals surface area contributed by atoms with Crippen molar-refractivity contribution in [1.29, 1.82) is 0 Å². The first-order chi connectivity index (χ1) is 9.76. The minimum absolute atomic E-state index is 0.0445. The van der Waals surface area contributed by atoms with Crippen LogP contribution in [0.2, 0.25) is 0 Å². The number of rotatable bonds is 2. The smallest absolute Gasteiger partial charge is 0.272 e. The molecule has 5 heteroatoms. The molecular formula is C15H15BrN4. The molecule has 0 saturated carbocycles. The molecule has 1 aliphatic carbocycles. The first kappa shape index (κ1) is 13.3. The fourth-order valence-corrected chi connectivity index (χ4v) is 3.55. The largest absolute Gasteiger partial charge is 0.306 e. The van der Waals surface area contributed by atoms with Crippen molar-refractivity contribution in [3.63, 3.8) is 0 Å². The van der Waals surface area contributed by atoms with Gasteiger partial charge in [-0.2, -0.15) is 5.10 Å². The number of nitrogens with zero attached hydrogens (tertiary/aromatic N) is 3. The number of aromatic nitrogens is 2. The molecule has 4 nitrogen and oxygen atoms in total. The minimum Gasteiger partial charge on any atom is -0.306 e. The third-order valence-electron chi connectivity index (χ3n) is 3.89. The first-order valence-electron chi connectivity index (χ1n) is 6.74. The fourth-order valence-electron chi connectivity index (χ4n) is 2.89. The van der Waals surface area contributed by atoms with Gasteiger partial charge in [-0.05, 0) is 18.4 Å². The van der Waals surface area contributed by atoms with Gasteiger partial charge < -0.3 is 4.85 Å². The number of allylic oxidation sites excluding steroid dienone is 3. The molecule has 102 valence electrons. The second kappa shape index (κ2) is 5.37. The van der Waals surface area contributed by atoms with Crippen molar-refractivity contribution in [3.05, 3.63) is 47.0 Å². The number of fused-ring (bicyclic) bond motifs is 1. The summed E-state index contributed by atoms with van der Waals surface area (Å²) in [4.78, 5) is 8.71. The van der Waals surface area contributed by atoms with Crippen LogP contribution >= 0.6 is 15.9 Å². The number of aromatic amines is 1. The molecule has 2 heterocycles. The van der Waals surface area contributed by atoms with Crippen LogP contribution in [0.25, 0.3) is 4.85 Å². The molecule has 1 aromatic rings. The molecule has 0 spiro atoms. The lowest BCUT2D eigenvalue weighted by Gasteiger charge is -2.28. The number of nitrogens with one attached hydrogen (secondary N) is 1. The van der Waals surface area contributed by atoms with E-state index in [1.807, 2.05) is 6.20 Å². The van der Waals surface area contributed by atoms with Gasteiger partial charge in [-0.15, -0.1) is 0 Å². The summed E-state index contributed by atoms with van der Waals surface area (Å²) in [5.74, 6) is 0.852. The zero-order chi connectivity index (χ0) is 14.1. The molecule has 1 aromatic heterocycles. The Hall–Kier alpha value is -1.67. The van der Waals surface area contributed by atoms with Crippen molar-refractivity contribution in [2.75, 3.05) is 0 Å². The maximum absolute atomic E-state index is 7.59. The van der Waals surface area contributed by atoms with Crippen LogP contribution in [0.3, 0.4) is 0 Å². The standard InChI is InChI=1S/C15H15BrN4/c1-3-12-14(17-2)13(9-6-4-5-7-11(9)16)10-8-18-20-15(10)19-12/h4-6,8,11,13-14H,3,7H2,1H3,(H,18,20). The van der Waals surface area contributed by atoms with E-state index in [-0.39, 0.29) is 16.8 Å². The van der Waals surface area contributed by atoms with Crippen molar-refractivity contribution in [1.82, 2.24) is 10.2 Å². The van der Waals surface area contributed by atoms with E-state index in [9.17, 15) is 0 Å². The third kappa shape index (κ3) is 2.04. The summed E-state index contributed by atoms with van der Waals surface area (Å²) in [5, 5.41) is 7.07. The monoisotopic (exact) mass is 330 g/mol. The van der Waals surface area contributed by atoms with Crippen LogP contribution in [-0.4, -0.2) is 26.8 Å². The Kier molecular flexibility index (Phi) is 3.58. The average molecular weight is 331 g/mol. The van der Waals surface area contributed by atoms with Crippen LogP contribution in [0.15, 0.2) is 35.0 Å². The summed E-state index contributed by atoms with van der Waals surface area (Å²) in [7, 11) is 0. The van der Waals surface area contributed by atoms with Gasteiger partial charge in [-0.3, -0.25) is 5.10 Å². The van der Waals surface area contributed by atoms with Crippen LogP contribution in [0, 0.1) is 6.57 Å². The third-order valence-corrected chi connectivity index (χ3v) is 4.79. The van der Waals surface area contributed by atoms with Gasteiger partial charge >= 0.3 is 0 Å². The first-order valence-corrected chi connectivity index (χ1v) is 7.65. The van der Waals surface area contributed by atoms with Crippen LogP contribution in [0.4, 0.5) is 5.82 Å². The highest BCUT2D eigenvalue weighted by atomic mass is 79.9. The van der Waals surface area contributed by atoms with E-state index in [1.165, 1.54) is 5.57 Å². The molecule has 3 rings (SSSR count). The van der Waals surface area contributed by atoms with Gasteiger partial charge in [0.15, 0.2) is 5.82 Å². The Morgan fingerprint density at radius 1 is 1.55 bits per heavy atom. The summed E-state index contributed by atoms with van der Waals surface area (Å²) < 4.78 is 0. The summed E-state index contributed by atoms with van der Waals surface area (Å²) in [5.41, 5.74) is 3.23. The van der Waals surface area contributed by atoms with Crippen molar-refractivity contribution < 1.29 is 0 Å². The van der Waals surface area contributed by atoms with Gasteiger partial charge in [0.2, 0.25) is 0 Å². The van der Waals surface area contributed by atoms with E-state index in [2.05, 4.69) is 61.1 Å². The van der Waals surface area contributed by atoms with Crippen molar-refractivity contribution >= 4 is 27.5 Å². The average Bonchev–Trinajstić information content (AvgIpc) is 2.94. The molecule has 0 aromatic carbocycles. The summed E-state index contributed by atoms with van der Waals surface area (Å²) in [6.07, 6.45) is 9.90. The van der Waals surface area contributed by atoms with Gasteiger partial charge in [-0.25, -0.2) is 11.6 Å². The molecular weight excluding hydrogens is 316 g/mol. The number of H-pyrrole nitrogens is 1. The number of halogens is 1. The molecule has 0 fully saturated rings. The van der Waals surface area contributed by atoms with Crippen LogP contribution in [0.1, 0.15) is 31.2 Å². The number of alkyl halides is 1. The highest BCUT2D eigenvalue weighted by Gasteiger charge is 2.42. The molecule has 3 atom stereocenters. The van der Waals surface area contributed by atoms with E-state index in [0.29, 0.717) is 0 Å². The fraction of sp³-hybridized carbons (Fsp3) is 0.400. The highest BCUT2D eigenvalue weighted by molar-refractivity contribution is 9.09. The topological polar surface area (TPSA) is 45.4 Å². The quantitative estimate of drug-likeness (QED) is 0.648. The van der Waals surface area contributed by atoms with E-state index in [1.54, 1.807) is 0 Å². The number of hydrogen-bond donors (Lipinski definition) is 1.